The van der Waals surface area contributed by atoms with Crippen molar-refractivity contribution in [2.45, 2.75) is 6.54 Å². The van der Waals surface area contributed by atoms with Crippen LogP contribution in [0.2, 0.25) is 0 Å². The van der Waals surface area contributed by atoms with Crippen molar-refractivity contribution in [2.24, 2.45) is 14.1 Å². The van der Waals surface area contributed by atoms with Gasteiger partial charge in [-0.05, 0) is 5.21 Å². The first-order valence-corrected chi connectivity index (χ1v) is 7.32. The van der Waals surface area contributed by atoms with Gasteiger partial charge in [-0.15, -0.1) is 10.2 Å². The Morgan fingerprint density at radius 2 is 1.80 bits per heavy atom. The van der Waals surface area contributed by atoms with E-state index in [4.69, 9.17) is 5.73 Å². The Labute approximate surface area is 141 Å². The number of ketones is 1. The van der Waals surface area contributed by atoms with Gasteiger partial charge < -0.3 is 5.73 Å². The summed E-state index contributed by atoms with van der Waals surface area (Å²) in [5.74, 6) is -0.443. The van der Waals surface area contributed by atoms with Crippen LogP contribution in [0.15, 0.2) is 39.9 Å². The van der Waals surface area contributed by atoms with Crippen molar-refractivity contribution in [3.8, 4) is 11.4 Å². The Kier molecular flexibility index (Phi) is 4.01. The molecule has 0 atom stereocenters. The number of carbonyl (C=O) groups is 1. The van der Waals surface area contributed by atoms with E-state index >= 15 is 0 Å². The van der Waals surface area contributed by atoms with Gasteiger partial charge in [-0.25, -0.2) is 4.79 Å². The van der Waals surface area contributed by atoms with Crippen molar-refractivity contribution in [2.75, 3.05) is 5.73 Å². The number of hydrogen-bond donors (Lipinski definition) is 1. The standard InChI is InChI=1S/C15H15N7O3/c1-20-12(16)11(14(24)21(2)15(20)25)10(23)8-22-18-13(17-19-22)9-6-4-3-5-7-9/h3-7H,8,16H2,1-2H3. The summed E-state index contributed by atoms with van der Waals surface area (Å²) in [6, 6.07) is 9.13. The molecule has 25 heavy (non-hydrogen) atoms. The van der Waals surface area contributed by atoms with Gasteiger partial charge in [-0.2, -0.15) is 4.80 Å². The third-order valence-electron chi connectivity index (χ3n) is 3.76. The monoisotopic (exact) mass is 341 g/mol. The van der Waals surface area contributed by atoms with Gasteiger partial charge in [0.2, 0.25) is 5.82 Å². The number of Topliss-reactive ketones (excluding diaryl/α,β-unsaturated/α-hetero) is 1. The van der Waals surface area contributed by atoms with Gasteiger partial charge in [0.1, 0.15) is 17.9 Å². The lowest BCUT2D eigenvalue weighted by Gasteiger charge is -2.10. The van der Waals surface area contributed by atoms with Gasteiger partial charge in [-0.3, -0.25) is 18.7 Å². The lowest BCUT2D eigenvalue weighted by Crippen LogP contribution is -2.42. The second-order valence-electron chi connectivity index (χ2n) is 5.40. The summed E-state index contributed by atoms with van der Waals surface area (Å²) in [5, 5.41) is 11.8. The number of benzene rings is 1. The Morgan fingerprint density at radius 1 is 1.12 bits per heavy atom. The highest BCUT2D eigenvalue weighted by atomic mass is 16.2. The molecule has 0 aliphatic heterocycles. The first-order valence-electron chi connectivity index (χ1n) is 7.32. The molecule has 0 amide bonds. The number of tetrazole rings is 1. The smallest absolute Gasteiger partial charge is 0.332 e. The summed E-state index contributed by atoms with van der Waals surface area (Å²) in [4.78, 5) is 37.6. The van der Waals surface area contributed by atoms with Crippen LogP contribution in [0.1, 0.15) is 10.4 Å². The minimum absolute atomic E-state index is 0.193. The molecule has 2 aromatic heterocycles. The largest absolute Gasteiger partial charge is 0.384 e. The Balaban J connectivity index is 1.93. The van der Waals surface area contributed by atoms with E-state index in [2.05, 4.69) is 15.4 Å². The van der Waals surface area contributed by atoms with E-state index in [1.54, 1.807) is 0 Å². The molecule has 3 aromatic rings. The second kappa shape index (κ2) is 6.15. The van der Waals surface area contributed by atoms with Crippen LogP contribution in [0.4, 0.5) is 5.82 Å². The fraction of sp³-hybridized carbons (Fsp3) is 0.200. The number of carbonyl (C=O) groups excluding carboxylic acids is 1. The van der Waals surface area contributed by atoms with E-state index in [9.17, 15) is 14.4 Å². The molecule has 0 bridgehead atoms. The summed E-state index contributed by atoms with van der Waals surface area (Å²) in [7, 11) is 2.66. The zero-order valence-corrected chi connectivity index (χ0v) is 13.6. The van der Waals surface area contributed by atoms with E-state index in [0.29, 0.717) is 5.82 Å². The number of nitrogen functional groups attached to an aromatic ring is 1. The number of aromatic nitrogens is 6. The van der Waals surface area contributed by atoms with E-state index in [1.165, 1.54) is 14.1 Å². The average molecular weight is 341 g/mol. The van der Waals surface area contributed by atoms with E-state index in [0.717, 1.165) is 19.5 Å². The topological polar surface area (TPSA) is 131 Å². The molecule has 128 valence electrons. The second-order valence-corrected chi connectivity index (χ2v) is 5.40. The Bertz CT molecular complexity index is 1060. The summed E-state index contributed by atoms with van der Waals surface area (Å²) in [5.41, 5.74) is 4.88. The molecule has 2 heterocycles. The predicted octanol–water partition coefficient (Wildman–Crippen LogP) is -0.797. The van der Waals surface area contributed by atoms with Gasteiger partial charge in [0.15, 0.2) is 5.78 Å². The normalized spacial score (nSPS) is 10.8. The van der Waals surface area contributed by atoms with Crippen LogP contribution in [0.5, 0.6) is 0 Å². The molecule has 0 fully saturated rings. The molecule has 0 saturated heterocycles. The molecule has 0 spiro atoms. The lowest BCUT2D eigenvalue weighted by atomic mass is 10.2. The van der Waals surface area contributed by atoms with Gasteiger partial charge in [0, 0.05) is 19.7 Å². The fourth-order valence-corrected chi connectivity index (χ4v) is 2.34. The molecule has 0 aliphatic carbocycles. The molecular formula is C15H15N7O3. The van der Waals surface area contributed by atoms with Gasteiger partial charge in [0.25, 0.3) is 5.56 Å². The minimum atomic E-state index is -0.756. The molecule has 1 aromatic carbocycles. The van der Waals surface area contributed by atoms with E-state index in [-0.39, 0.29) is 17.9 Å². The van der Waals surface area contributed by atoms with Crippen LogP contribution in [0.25, 0.3) is 11.4 Å². The predicted molar refractivity (Wildman–Crippen MR) is 88.9 cm³/mol. The highest BCUT2D eigenvalue weighted by Crippen LogP contribution is 2.12. The summed E-state index contributed by atoms with van der Waals surface area (Å²) in [6.45, 7) is -0.322. The van der Waals surface area contributed by atoms with Crippen molar-refractivity contribution in [3.05, 3.63) is 56.7 Å². The highest BCUT2D eigenvalue weighted by molar-refractivity contribution is 5.99. The molecule has 0 radical (unpaired) electrons. The number of nitrogens with two attached hydrogens (primary N) is 1. The maximum absolute atomic E-state index is 12.5. The van der Waals surface area contributed by atoms with Crippen molar-refractivity contribution in [1.29, 1.82) is 0 Å². The lowest BCUT2D eigenvalue weighted by molar-refractivity contribution is 0.0959. The maximum Gasteiger partial charge on any atom is 0.332 e. The van der Waals surface area contributed by atoms with E-state index in [1.807, 2.05) is 30.3 Å². The Hall–Kier alpha value is -3.56. The molecular weight excluding hydrogens is 326 g/mol. The van der Waals surface area contributed by atoms with Gasteiger partial charge in [0.05, 0.1) is 0 Å². The summed E-state index contributed by atoms with van der Waals surface area (Å²) in [6.07, 6.45) is 0. The molecule has 0 saturated carbocycles. The zero-order chi connectivity index (χ0) is 18.1. The fourth-order valence-electron chi connectivity index (χ4n) is 2.34. The third-order valence-corrected chi connectivity index (χ3v) is 3.76. The minimum Gasteiger partial charge on any atom is -0.384 e. The zero-order valence-electron chi connectivity index (χ0n) is 13.6. The van der Waals surface area contributed by atoms with Crippen molar-refractivity contribution >= 4 is 11.6 Å². The van der Waals surface area contributed by atoms with Crippen LogP contribution in [-0.2, 0) is 20.6 Å². The number of anilines is 1. The number of hydrogen-bond acceptors (Lipinski definition) is 7. The molecule has 10 nitrogen and oxygen atoms in total. The Morgan fingerprint density at radius 3 is 2.48 bits per heavy atom. The molecule has 3 rings (SSSR count). The number of rotatable bonds is 4. The highest BCUT2D eigenvalue weighted by Gasteiger charge is 2.21. The SMILES string of the molecule is Cn1c(N)c(C(=O)Cn2nnc(-c3ccccc3)n2)c(=O)n(C)c1=O. The third kappa shape index (κ3) is 2.84. The summed E-state index contributed by atoms with van der Waals surface area (Å²) >= 11 is 0. The van der Waals surface area contributed by atoms with Crippen LogP contribution in [0, 0.1) is 0 Å². The first-order chi connectivity index (χ1) is 11.9. The number of nitrogens with zero attached hydrogens (tertiary/aromatic N) is 6. The van der Waals surface area contributed by atoms with E-state index < -0.39 is 17.0 Å². The van der Waals surface area contributed by atoms with Crippen molar-refractivity contribution in [1.82, 2.24) is 29.3 Å². The van der Waals surface area contributed by atoms with Crippen LogP contribution in [-0.4, -0.2) is 35.1 Å². The van der Waals surface area contributed by atoms with Crippen molar-refractivity contribution < 1.29 is 4.79 Å². The molecule has 0 aliphatic rings. The summed E-state index contributed by atoms with van der Waals surface area (Å²) < 4.78 is 1.87. The average Bonchev–Trinajstić information content (AvgIpc) is 3.07. The maximum atomic E-state index is 12.5. The van der Waals surface area contributed by atoms with Crippen molar-refractivity contribution in [3.63, 3.8) is 0 Å². The van der Waals surface area contributed by atoms with Gasteiger partial charge in [-0.1, -0.05) is 30.3 Å². The molecule has 10 heteroatoms. The van der Waals surface area contributed by atoms with Crippen LogP contribution < -0.4 is 17.0 Å². The first kappa shape index (κ1) is 16.3. The quantitative estimate of drug-likeness (QED) is 0.615. The van der Waals surface area contributed by atoms with Crippen LogP contribution in [0.3, 0.4) is 0 Å². The molecule has 2 N–H and O–H groups in total. The molecule has 0 unspecified atom stereocenters. The van der Waals surface area contributed by atoms with Crippen LogP contribution >= 0.6 is 0 Å². The van der Waals surface area contributed by atoms with Gasteiger partial charge >= 0.3 is 5.69 Å².